The first-order valence-corrected chi connectivity index (χ1v) is 10.7. The second-order valence-electron chi connectivity index (χ2n) is 6.67. The van der Waals surface area contributed by atoms with Crippen molar-refractivity contribution >= 4 is 23.3 Å². The first kappa shape index (κ1) is 21.6. The van der Waals surface area contributed by atoms with E-state index in [0.717, 1.165) is 28.2 Å². The van der Waals surface area contributed by atoms with Crippen LogP contribution in [0.2, 0.25) is 0 Å². The molecule has 1 aromatic heterocycles. The minimum atomic E-state index is -0.127. The Balaban J connectivity index is 1.49. The number of nitrogens with one attached hydrogen (secondary N) is 1. The van der Waals surface area contributed by atoms with Crippen LogP contribution in [0.3, 0.4) is 0 Å². The van der Waals surface area contributed by atoms with Crippen molar-refractivity contribution in [1.29, 1.82) is 0 Å². The lowest BCUT2D eigenvalue weighted by Gasteiger charge is -2.09. The van der Waals surface area contributed by atoms with Crippen LogP contribution in [-0.4, -0.2) is 31.2 Å². The van der Waals surface area contributed by atoms with E-state index in [0.29, 0.717) is 24.7 Å². The first-order valence-electron chi connectivity index (χ1n) is 9.87. The van der Waals surface area contributed by atoms with Gasteiger partial charge in [-0.2, -0.15) is 0 Å². The number of rotatable bonds is 9. The highest BCUT2D eigenvalue weighted by Crippen LogP contribution is 2.28. The zero-order valence-corrected chi connectivity index (χ0v) is 18.3. The van der Waals surface area contributed by atoms with Crippen LogP contribution < -0.4 is 14.8 Å². The number of hydrogen-bond donors (Lipinski definition) is 1. The quantitative estimate of drug-likeness (QED) is 0.499. The molecule has 1 N–H and O–H groups in total. The summed E-state index contributed by atoms with van der Waals surface area (Å²) >= 11 is 1.65. The van der Waals surface area contributed by atoms with Crippen LogP contribution in [0, 0.1) is 6.92 Å². The summed E-state index contributed by atoms with van der Waals surface area (Å²) < 4.78 is 10.8. The number of aromatic nitrogens is 1. The molecule has 3 rings (SSSR count). The molecule has 6 heteroatoms. The molecule has 0 spiro atoms. The fourth-order valence-corrected chi connectivity index (χ4v) is 3.58. The third-order valence-electron chi connectivity index (χ3n) is 4.50. The fraction of sp³-hybridized carbons (Fsp3) is 0.250. The number of nitrogens with zero attached hydrogens (tertiary/aromatic N) is 1. The lowest BCUT2D eigenvalue weighted by atomic mass is 10.1. The number of methoxy groups -OCH3 is 1. The van der Waals surface area contributed by atoms with Crippen LogP contribution in [0.25, 0.3) is 17.3 Å². The van der Waals surface area contributed by atoms with E-state index in [-0.39, 0.29) is 5.91 Å². The van der Waals surface area contributed by atoms with E-state index in [9.17, 15) is 4.79 Å². The molecular formula is C24H26N2O3S. The van der Waals surface area contributed by atoms with E-state index in [1.165, 1.54) is 11.6 Å². The summed E-state index contributed by atoms with van der Waals surface area (Å²) in [5, 5.41) is 6.05. The number of hydrogen-bond acceptors (Lipinski definition) is 5. The highest BCUT2D eigenvalue weighted by atomic mass is 32.1. The van der Waals surface area contributed by atoms with Crippen LogP contribution in [0.5, 0.6) is 11.5 Å². The van der Waals surface area contributed by atoms with E-state index in [4.69, 9.17) is 9.47 Å². The normalized spacial score (nSPS) is 10.9. The van der Waals surface area contributed by atoms with Crippen LogP contribution in [0.15, 0.2) is 53.9 Å². The Morgan fingerprint density at radius 3 is 2.63 bits per heavy atom. The summed E-state index contributed by atoms with van der Waals surface area (Å²) in [7, 11) is 1.60. The van der Waals surface area contributed by atoms with Gasteiger partial charge in [0.05, 0.1) is 24.4 Å². The average molecular weight is 423 g/mol. The topological polar surface area (TPSA) is 60.5 Å². The highest BCUT2D eigenvalue weighted by molar-refractivity contribution is 7.09. The Morgan fingerprint density at radius 1 is 1.17 bits per heavy atom. The summed E-state index contributed by atoms with van der Waals surface area (Å²) in [6.07, 6.45) is 4.06. The van der Waals surface area contributed by atoms with Crippen LogP contribution in [0.1, 0.15) is 23.1 Å². The average Bonchev–Trinajstić information content (AvgIpc) is 3.20. The van der Waals surface area contributed by atoms with Gasteiger partial charge in [-0.3, -0.25) is 4.79 Å². The van der Waals surface area contributed by atoms with Crippen molar-refractivity contribution in [1.82, 2.24) is 10.3 Å². The Bertz CT molecular complexity index is 1010. The fourth-order valence-electron chi connectivity index (χ4n) is 2.96. The summed E-state index contributed by atoms with van der Waals surface area (Å²) in [4.78, 5) is 16.6. The van der Waals surface area contributed by atoms with E-state index in [2.05, 4.69) is 39.9 Å². The van der Waals surface area contributed by atoms with Gasteiger partial charge in [0.15, 0.2) is 11.5 Å². The van der Waals surface area contributed by atoms with E-state index < -0.39 is 0 Å². The maximum absolute atomic E-state index is 12.1. The molecule has 0 saturated carbocycles. The van der Waals surface area contributed by atoms with Gasteiger partial charge in [0.25, 0.3) is 0 Å². The minimum Gasteiger partial charge on any atom is -0.493 e. The number of thiazole rings is 1. The molecule has 0 aliphatic rings. The molecule has 1 amide bonds. The van der Waals surface area contributed by atoms with Crippen molar-refractivity contribution in [3.8, 4) is 22.8 Å². The monoisotopic (exact) mass is 422 g/mol. The summed E-state index contributed by atoms with van der Waals surface area (Å²) in [6.45, 7) is 5.08. The molecule has 0 atom stereocenters. The molecular weight excluding hydrogens is 396 g/mol. The number of aryl methyl sites for hydroxylation is 1. The summed E-state index contributed by atoms with van der Waals surface area (Å²) in [5.41, 5.74) is 4.17. The number of carbonyl (C=O) groups excluding carboxylic acids is 1. The zero-order valence-electron chi connectivity index (χ0n) is 17.5. The smallest absolute Gasteiger partial charge is 0.244 e. The third kappa shape index (κ3) is 5.94. The molecule has 0 fully saturated rings. The molecule has 5 nitrogen and oxygen atoms in total. The van der Waals surface area contributed by atoms with Gasteiger partial charge in [-0.25, -0.2) is 4.98 Å². The molecule has 0 bridgehead atoms. The van der Waals surface area contributed by atoms with Crippen molar-refractivity contribution < 1.29 is 14.3 Å². The molecule has 0 aliphatic carbocycles. The van der Waals surface area contributed by atoms with Gasteiger partial charge >= 0.3 is 0 Å². The van der Waals surface area contributed by atoms with Gasteiger partial charge in [0.1, 0.15) is 0 Å². The standard InChI is InChI=1S/C24H26N2O3S/c1-4-29-22-11-7-19(15-23(22)28-3)8-12-24(27)25-14-13-18-5-9-20(10-6-18)21-16-30-17(2)26-21/h5-12,15-16H,4,13-14H2,1-3H3,(H,25,27)/b12-8+. The Kier molecular flexibility index (Phi) is 7.63. The number of amides is 1. The second kappa shape index (κ2) is 10.6. The largest absolute Gasteiger partial charge is 0.493 e. The van der Waals surface area contributed by atoms with Gasteiger partial charge in [-0.05, 0) is 49.6 Å². The molecule has 0 unspecified atom stereocenters. The maximum atomic E-state index is 12.1. The van der Waals surface area contributed by atoms with E-state index >= 15 is 0 Å². The van der Waals surface area contributed by atoms with Gasteiger partial charge in [-0.1, -0.05) is 30.3 Å². The van der Waals surface area contributed by atoms with Crippen molar-refractivity contribution in [2.75, 3.05) is 20.3 Å². The Morgan fingerprint density at radius 2 is 1.97 bits per heavy atom. The molecule has 0 saturated heterocycles. The van der Waals surface area contributed by atoms with Crippen LogP contribution in [0.4, 0.5) is 0 Å². The lowest BCUT2D eigenvalue weighted by molar-refractivity contribution is -0.116. The highest BCUT2D eigenvalue weighted by Gasteiger charge is 2.05. The number of benzene rings is 2. The van der Waals surface area contributed by atoms with Crippen molar-refractivity contribution in [2.24, 2.45) is 0 Å². The van der Waals surface area contributed by atoms with Crippen LogP contribution in [-0.2, 0) is 11.2 Å². The lowest BCUT2D eigenvalue weighted by Crippen LogP contribution is -2.23. The number of carbonyl (C=O) groups is 1. The van der Waals surface area contributed by atoms with Gasteiger partial charge < -0.3 is 14.8 Å². The maximum Gasteiger partial charge on any atom is 0.244 e. The van der Waals surface area contributed by atoms with Gasteiger partial charge in [0, 0.05) is 23.6 Å². The van der Waals surface area contributed by atoms with E-state index in [1.54, 1.807) is 24.5 Å². The first-order chi connectivity index (χ1) is 14.6. The molecule has 0 aliphatic heterocycles. The third-order valence-corrected chi connectivity index (χ3v) is 5.27. The predicted molar refractivity (Wildman–Crippen MR) is 122 cm³/mol. The van der Waals surface area contributed by atoms with Gasteiger partial charge in [-0.15, -0.1) is 11.3 Å². The SMILES string of the molecule is CCOc1ccc(/C=C/C(=O)NCCc2ccc(-c3csc(C)n3)cc2)cc1OC. The summed E-state index contributed by atoms with van der Waals surface area (Å²) in [6, 6.07) is 13.9. The molecule has 1 heterocycles. The molecule has 3 aromatic rings. The molecule has 2 aromatic carbocycles. The van der Waals surface area contributed by atoms with Gasteiger partial charge in [0.2, 0.25) is 5.91 Å². The zero-order chi connectivity index (χ0) is 21.3. The second-order valence-corrected chi connectivity index (χ2v) is 7.73. The van der Waals surface area contributed by atoms with Crippen molar-refractivity contribution in [3.05, 3.63) is 70.1 Å². The predicted octanol–water partition coefficient (Wildman–Crippen LogP) is 4.90. The van der Waals surface area contributed by atoms with Crippen LogP contribution >= 0.6 is 11.3 Å². The molecule has 0 radical (unpaired) electrons. The van der Waals surface area contributed by atoms with Crippen molar-refractivity contribution in [3.63, 3.8) is 0 Å². The van der Waals surface area contributed by atoms with Crippen molar-refractivity contribution in [2.45, 2.75) is 20.3 Å². The summed E-state index contributed by atoms with van der Waals surface area (Å²) in [5.74, 6) is 1.21. The molecule has 156 valence electrons. The molecule has 30 heavy (non-hydrogen) atoms. The Labute approximate surface area is 181 Å². The van der Waals surface area contributed by atoms with E-state index in [1.807, 2.05) is 32.0 Å². The number of ether oxygens (including phenoxy) is 2. The Hall–Kier alpha value is -3.12. The minimum absolute atomic E-state index is 0.127.